The fourth-order valence-electron chi connectivity index (χ4n) is 5.34. The fourth-order valence-corrected chi connectivity index (χ4v) is 5.34. The molecule has 1 aromatic carbocycles. The summed E-state index contributed by atoms with van der Waals surface area (Å²) in [6.07, 6.45) is -3.00. The van der Waals surface area contributed by atoms with Crippen LogP contribution in [0.4, 0.5) is 23.2 Å². The number of alkyl halides is 4. The molecule has 1 aromatic rings. The molecule has 0 saturated carbocycles. The lowest BCUT2D eigenvalue weighted by atomic mass is 9.86. The summed E-state index contributed by atoms with van der Waals surface area (Å²) in [5, 5.41) is 0. The van der Waals surface area contributed by atoms with Crippen LogP contribution in [0.25, 0.3) is 0 Å². The second-order valence-corrected chi connectivity index (χ2v) is 10.7. The van der Waals surface area contributed by atoms with Crippen LogP contribution in [0.5, 0.6) is 0 Å². The van der Waals surface area contributed by atoms with Gasteiger partial charge in [-0.15, -0.1) is 0 Å². The summed E-state index contributed by atoms with van der Waals surface area (Å²) < 4.78 is 61.2. The van der Waals surface area contributed by atoms with E-state index in [1.807, 2.05) is 30.6 Å². The highest BCUT2D eigenvalue weighted by Crippen LogP contribution is 2.40. The van der Waals surface area contributed by atoms with Gasteiger partial charge in [0.1, 0.15) is 0 Å². The molecule has 0 radical (unpaired) electrons. The molecule has 3 saturated heterocycles. The number of morpholine rings is 1. The van der Waals surface area contributed by atoms with Crippen LogP contribution in [0.2, 0.25) is 0 Å². The zero-order valence-electron chi connectivity index (χ0n) is 20.3. The number of likely N-dealkylation sites (tertiary alicyclic amines) is 2. The quantitative estimate of drug-likeness (QED) is 0.593. The van der Waals surface area contributed by atoms with E-state index in [2.05, 4.69) is 0 Å². The molecule has 3 aliphatic heterocycles. The highest BCUT2D eigenvalue weighted by atomic mass is 19.4. The Morgan fingerprint density at radius 3 is 2.24 bits per heavy atom. The topological polar surface area (TPSA) is 36.0 Å². The van der Waals surface area contributed by atoms with Crippen LogP contribution in [0.15, 0.2) is 18.2 Å². The van der Waals surface area contributed by atoms with Gasteiger partial charge in [0, 0.05) is 56.9 Å². The Kier molecular flexibility index (Phi) is 6.90. The Hall–Kier alpha value is -1.87. The number of hydrogen-bond acceptors (Lipinski definition) is 4. The molecule has 1 atom stereocenters. The van der Waals surface area contributed by atoms with E-state index in [9.17, 15) is 18.0 Å². The van der Waals surface area contributed by atoms with E-state index in [0.29, 0.717) is 64.5 Å². The number of carbonyl (C=O) groups is 1. The predicted molar refractivity (Wildman–Crippen MR) is 123 cm³/mol. The van der Waals surface area contributed by atoms with E-state index in [1.165, 1.54) is 6.07 Å². The van der Waals surface area contributed by atoms with E-state index < -0.39 is 23.3 Å². The van der Waals surface area contributed by atoms with E-state index in [1.54, 1.807) is 11.0 Å². The third-order valence-corrected chi connectivity index (χ3v) is 7.48. The number of amides is 1. The zero-order valence-corrected chi connectivity index (χ0v) is 20.3. The molecule has 3 aliphatic rings. The lowest BCUT2D eigenvalue weighted by Crippen LogP contribution is -2.51. The summed E-state index contributed by atoms with van der Waals surface area (Å²) >= 11 is 0. The third kappa shape index (κ3) is 5.20. The molecule has 5 nitrogen and oxygen atoms in total. The van der Waals surface area contributed by atoms with Crippen molar-refractivity contribution < 1.29 is 27.1 Å². The normalized spacial score (nSPS) is 25.7. The van der Waals surface area contributed by atoms with E-state index in [0.717, 1.165) is 11.6 Å². The van der Waals surface area contributed by atoms with Crippen LogP contribution in [0, 0.1) is 0 Å². The van der Waals surface area contributed by atoms with Crippen molar-refractivity contribution in [3.8, 4) is 0 Å². The molecule has 4 rings (SSSR count). The van der Waals surface area contributed by atoms with Gasteiger partial charge in [0.05, 0.1) is 18.8 Å². The molecule has 0 N–H and O–H groups in total. The van der Waals surface area contributed by atoms with Crippen LogP contribution in [0.3, 0.4) is 0 Å². The van der Waals surface area contributed by atoms with Crippen molar-refractivity contribution in [1.29, 1.82) is 0 Å². The summed E-state index contributed by atoms with van der Waals surface area (Å²) in [5.74, 6) is -0.423. The molecule has 0 bridgehead atoms. The first-order valence-corrected chi connectivity index (χ1v) is 12.2. The molecule has 0 spiro atoms. The number of ether oxygens (including phenoxy) is 1. The van der Waals surface area contributed by atoms with Crippen LogP contribution in [0.1, 0.15) is 57.1 Å². The van der Waals surface area contributed by atoms with Gasteiger partial charge in [-0.05, 0) is 57.2 Å². The first-order valence-electron chi connectivity index (χ1n) is 12.2. The molecular weight excluding hydrogens is 450 g/mol. The summed E-state index contributed by atoms with van der Waals surface area (Å²) in [4.78, 5) is 18.7. The van der Waals surface area contributed by atoms with Gasteiger partial charge >= 0.3 is 6.18 Å². The maximum absolute atomic E-state index is 15.6. The van der Waals surface area contributed by atoms with Crippen molar-refractivity contribution in [1.82, 2.24) is 9.80 Å². The standard InChI is InChI=1S/C25H35F4N3O2/c1-23(2,3)32-11-8-24(26,17-32)22(33)31-9-6-18(7-10-31)20-5-4-19(25(27,28)29)16-21(20)30-12-14-34-15-13-30/h4-5,16,18H,6-15,17H2,1-3H3/t24-/m1/s1. The van der Waals surface area contributed by atoms with Crippen molar-refractivity contribution in [2.75, 3.05) is 57.4 Å². The van der Waals surface area contributed by atoms with Crippen LogP contribution in [-0.4, -0.2) is 79.4 Å². The molecule has 0 aliphatic carbocycles. The largest absolute Gasteiger partial charge is 0.416 e. The van der Waals surface area contributed by atoms with E-state index >= 15 is 4.39 Å². The molecule has 190 valence electrons. The van der Waals surface area contributed by atoms with Crippen molar-refractivity contribution >= 4 is 11.6 Å². The third-order valence-electron chi connectivity index (χ3n) is 7.48. The maximum Gasteiger partial charge on any atom is 0.416 e. The molecule has 3 heterocycles. The Balaban J connectivity index is 1.47. The smallest absolute Gasteiger partial charge is 0.378 e. The Morgan fingerprint density at radius 2 is 1.68 bits per heavy atom. The highest BCUT2D eigenvalue weighted by Gasteiger charge is 2.49. The number of rotatable bonds is 3. The SMILES string of the molecule is CC(C)(C)N1CC[C@](F)(C(=O)N2CCC(c3ccc(C(F)(F)F)cc3N3CCOCC3)CC2)C1. The van der Waals surface area contributed by atoms with Crippen LogP contribution >= 0.6 is 0 Å². The number of carbonyl (C=O) groups excluding carboxylic acids is 1. The van der Waals surface area contributed by atoms with Gasteiger partial charge in [-0.25, -0.2) is 4.39 Å². The second kappa shape index (κ2) is 9.30. The highest BCUT2D eigenvalue weighted by molar-refractivity contribution is 5.86. The zero-order chi connectivity index (χ0) is 24.7. The lowest BCUT2D eigenvalue weighted by molar-refractivity contribution is -0.144. The van der Waals surface area contributed by atoms with Gasteiger partial charge in [0.25, 0.3) is 5.91 Å². The van der Waals surface area contributed by atoms with Crippen molar-refractivity contribution in [3.05, 3.63) is 29.3 Å². The Morgan fingerprint density at radius 1 is 1.03 bits per heavy atom. The first kappa shape index (κ1) is 25.2. The molecule has 0 unspecified atom stereocenters. The van der Waals surface area contributed by atoms with E-state index in [4.69, 9.17) is 4.74 Å². The summed E-state index contributed by atoms with van der Waals surface area (Å²) in [6, 6.07) is 3.98. The molecule has 1 amide bonds. The number of nitrogens with zero attached hydrogens (tertiary/aromatic N) is 3. The van der Waals surface area contributed by atoms with Gasteiger partial charge in [-0.2, -0.15) is 13.2 Å². The van der Waals surface area contributed by atoms with Crippen molar-refractivity contribution in [3.63, 3.8) is 0 Å². The lowest BCUT2D eigenvalue weighted by Gasteiger charge is -2.38. The van der Waals surface area contributed by atoms with Gasteiger partial charge in [-0.3, -0.25) is 9.69 Å². The average Bonchev–Trinajstić information content (AvgIpc) is 3.22. The summed E-state index contributed by atoms with van der Waals surface area (Å²) in [7, 11) is 0. The molecule has 3 fully saturated rings. The minimum atomic E-state index is -4.41. The number of piperidine rings is 1. The summed E-state index contributed by atoms with van der Waals surface area (Å²) in [5.41, 5.74) is -1.25. The van der Waals surface area contributed by atoms with Crippen LogP contribution in [-0.2, 0) is 15.7 Å². The molecular formula is C25H35F4N3O2. The minimum Gasteiger partial charge on any atom is -0.378 e. The average molecular weight is 486 g/mol. The molecule has 9 heteroatoms. The van der Waals surface area contributed by atoms with Gasteiger partial charge < -0.3 is 14.5 Å². The first-order chi connectivity index (χ1) is 15.9. The second-order valence-electron chi connectivity index (χ2n) is 10.7. The summed E-state index contributed by atoms with van der Waals surface area (Å²) in [6.45, 7) is 9.58. The van der Waals surface area contributed by atoms with E-state index in [-0.39, 0.29) is 24.4 Å². The van der Waals surface area contributed by atoms with Crippen LogP contribution < -0.4 is 4.90 Å². The van der Waals surface area contributed by atoms with Gasteiger partial charge in [-0.1, -0.05) is 6.07 Å². The van der Waals surface area contributed by atoms with Crippen molar-refractivity contribution in [2.45, 2.75) is 63.3 Å². The Labute approximate surface area is 199 Å². The number of anilines is 1. The van der Waals surface area contributed by atoms with Gasteiger partial charge in [0.2, 0.25) is 5.67 Å². The monoisotopic (exact) mass is 485 g/mol. The molecule has 34 heavy (non-hydrogen) atoms. The Bertz CT molecular complexity index is 887. The molecule has 0 aromatic heterocycles. The van der Waals surface area contributed by atoms with Crippen molar-refractivity contribution in [2.24, 2.45) is 0 Å². The predicted octanol–water partition coefficient (Wildman–Crippen LogP) is 4.46. The fraction of sp³-hybridized carbons (Fsp3) is 0.720. The minimum absolute atomic E-state index is 0.0226. The number of benzene rings is 1. The maximum atomic E-state index is 15.6. The number of halogens is 4. The van der Waals surface area contributed by atoms with Gasteiger partial charge in [0.15, 0.2) is 0 Å². The number of hydrogen-bond donors (Lipinski definition) is 0.